The molecule has 0 unspecified atom stereocenters. The molecule has 6 heteroatoms. The highest BCUT2D eigenvalue weighted by Gasteiger charge is 2.14. The Morgan fingerprint density at radius 1 is 0.895 bits per heavy atom. The van der Waals surface area contributed by atoms with Crippen molar-refractivity contribution < 1.29 is 28.2 Å². The van der Waals surface area contributed by atoms with Gasteiger partial charge < -0.3 is 10.2 Å². The minimum Gasteiger partial charge on any atom is -0.503 e. The molecule has 0 aliphatic heterocycles. The van der Waals surface area contributed by atoms with Gasteiger partial charge in [0, 0.05) is 0 Å². The van der Waals surface area contributed by atoms with E-state index in [-0.39, 0.29) is 11.1 Å². The summed E-state index contributed by atoms with van der Waals surface area (Å²) < 4.78 is 39.8. The smallest absolute Gasteiger partial charge is 0.338 e. The number of benzene rings is 2. The molecule has 0 radical (unpaired) electrons. The molecule has 0 saturated carbocycles. The Bertz CT molecular complexity index is 645. The SMILES string of the molecule is O=C(O)c1ccc(-c2cc(F)c(O)c(F)c2)cc1F. The molecule has 2 rings (SSSR count). The summed E-state index contributed by atoms with van der Waals surface area (Å²) in [4.78, 5) is 10.6. The van der Waals surface area contributed by atoms with Gasteiger partial charge in [-0.05, 0) is 35.4 Å². The summed E-state index contributed by atoms with van der Waals surface area (Å²) in [6, 6.07) is 4.73. The van der Waals surface area contributed by atoms with Gasteiger partial charge in [0.05, 0.1) is 5.56 Å². The number of carbonyl (C=O) groups is 1. The number of aromatic hydroxyl groups is 1. The predicted molar refractivity (Wildman–Crippen MR) is 60.4 cm³/mol. The summed E-state index contributed by atoms with van der Waals surface area (Å²) in [6.45, 7) is 0. The van der Waals surface area contributed by atoms with Gasteiger partial charge in [-0.25, -0.2) is 18.0 Å². The van der Waals surface area contributed by atoms with E-state index in [0.717, 1.165) is 24.3 Å². The zero-order chi connectivity index (χ0) is 14.2. The average molecular weight is 268 g/mol. The highest BCUT2D eigenvalue weighted by atomic mass is 19.1. The maximum absolute atomic E-state index is 13.4. The molecule has 0 fully saturated rings. The third kappa shape index (κ3) is 2.37. The van der Waals surface area contributed by atoms with E-state index in [1.807, 2.05) is 0 Å². The second-order valence-corrected chi connectivity index (χ2v) is 3.79. The second kappa shape index (κ2) is 4.64. The molecule has 0 atom stereocenters. The van der Waals surface area contributed by atoms with Gasteiger partial charge in [-0.1, -0.05) is 6.07 Å². The van der Waals surface area contributed by atoms with Crippen LogP contribution in [0.25, 0.3) is 11.1 Å². The van der Waals surface area contributed by atoms with Crippen molar-refractivity contribution in [2.24, 2.45) is 0 Å². The molecule has 0 saturated heterocycles. The molecule has 0 spiro atoms. The number of carboxylic acid groups (broad SMARTS) is 1. The van der Waals surface area contributed by atoms with Crippen molar-refractivity contribution in [1.82, 2.24) is 0 Å². The number of rotatable bonds is 2. The minimum absolute atomic E-state index is 0.0105. The fraction of sp³-hybridized carbons (Fsp3) is 0. The van der Waals surface area contributed by atoms with Gasteiger partial charge in [-0.15, -0.1) is 0 Å². The van der Waals surface area contributed by atoms with Crippen LogP contribution in [0.3, 0.4) is 0 Å². The lowest BCUT2D eigenvalue weighted by Crippen LogP contribution is -2.00. The van der Waals surface area contributed by atoms with Gasteiger partial charge in [-0.2, -0.15) is 0 Å². The zero-order valence-corrected chi connectivity index (χ0v) is 9.32. The topological polar surface area (TPSA) is 57.5 Å². The van der Waals surface area contributed by atoms with E-state index in [2.05, 4.69) is 0 Å². The van der Waals surface area contributed by atoms with Crippen LogP contribution in [0.15, 0.2) is 30.3 Å². The predicted octanol–water partition coefficient (Wildman–Crippen LogP) is 3.17. The quantitative estimate of drug-likeness (QED) is 0.879. The molecule has 2 aromatic rings. The lowest BCUT2D eigenvalue weighted by molar-refractivity contribution is 0.0692. The highest BCUT2D eigenvalue weighted by molar-refractivity contribution is 5.88. The Kier molecular flexibility index (Phi) is 3.16. The summed E-state index contributed by atoms with van der Waals surface area (Å²) in [5.74, 6) is -5.94. The van der Waals surface area contributed by atoms with Crippen LogP contribution in [-0.4, -0.2) is 16.2 Å². The van der Waals surface area contributed by atoms with E-state index in [4.69, 9.17) is 10.2 Å². The first-order chi connectivity index (χ1) is 8.90. The van der Waals surface area contributed by atoms with E-state index in [9.17, 15) is 18.0 Å². The van der Waals surface area contributed by atoms with Crippen molar-refractivity contribution in [3.63, 3.8) is 0 Å². The Hall–Kier alpha value is -2.50. The maximum atomic E-state index is 13.4. The molecule has 0 aromatic heterocycles. The Morgan fingerprint density at radius 3 is 1.89 bits per heavy atom. The molecular formula is C13H7F3O3. The molecule has 0 aliphatic carbocycles. The molecular weight excluding hydrogens is 261 g/mol. The third-order valence-electron chi connectivity index (χ3n) is 2.55. The number of hydrogen-bond acceptors (Lipinski definition) is 2. The lowest BCUT2D eigenvalue weighted by Gasteiger charge is -2.06. The molecule has 2 N–H and O–H groups in total. The minimum atomic E-state index is -1.44. The molecule has 0 aliphatic rings. The van der Waals surface area contributed by atoms with Gasteiger partial charge in [0.15, 0.2) is 17.4 Å². The largest absolute Gasteiger partial charge is 0.503 e. The molecule has 0 bridgehead atoms. The summed E-state index contributed by atoms with van der Waals surface area (Å²) in [6.07, 6.45) is 0. The normalized spacial score (nSPS) is 10.5. The van der Waals surface area contributed by atoms with Gasteiger partial charge in [-0.3, -0.25) is 0 Å². The van der Waals surface area contributed by atoms with Crippen LogP contribution >= 0.6 is 0 Å². The molecule has 0 heterocycles. The zero-order valence-electron chi connectivity index (χ0n) is 9.32. The van der Waals surface area contributed by atoms with Crippen molar-refractivity contribution >= 4 is 5.97 Å². The van der Waals surface area contributed by atoms with E-state index in [0.29, 0.717) is 0 Å². The molecule has 2 aromatic carbocycles. The van der Waals surface area contributed by atoms with Crippen LogP contribution in [0, 0.1) is 17.5 Å². The Morgan fingerprint density at radius 2 is 1.42 bits per heavy atom. The third-order valence-corrected chi connectivity index (χ3v) is 2.55. The van der Waals surface area contributed by atoms with E-state index in [1.165, 1.54) is 6.07 Å². The van der Waals surface area contributed by atoms with Gasteiger partial charge in [0.1, 0.15) is 5.82 Å². The van der Waals surface area contributed by atoms with Gasteiger partial charge in [0.2, 0.25) is 0 Å². The number of hydrogen-bond donors (Lipinski definition) is 2. The van der Waals surface area contributed by atoms with Crippen LogP contribution in [0.5, 0.6) is 5.75 Å². The van der Waals surface area contributed by atoms with Gasteiger partial charge in [0.25, 0.3) is 0 Å². The maximum Gasteiger partial charge on any atom is 0.338 e. The molecule has 0 amide bonds. The van der Waals surface area contributed by atoms with Crippen LogP contribution in [0.1, 0.15) is 10.4 Å². The molecule has 3 nitrogen and oxygen atoms in total. The fourth-order valence-corrected chi connectivity index (χ4v) is 1.60. The fourth-order valence-electron chi connectivity index (χ4n) is 1.60. The van der Waals surface area contributed by atoms with Crippen molar-refractivity contribution in [2.45, 2.75) is 0 Å². The van der Waals surface area contributed by atoms with E-state index in [1.54, 1.807) is 0 Å². The van der Waals surface area contributed by atoms with Crippen molar-refractivity contribution in [1.29, 1.82) is 0 Å². The summed E-state index contributed by atoms with van der Waals surface area (Å²) in [7, 11) is 0. The van der Waals surface area contributed by atoms with Crippen molar-refractivity contribution in [3.05, 3.63) is 53.3 Å². The molecule has 19 heavy (non-hydrogen) atoms. The lowest BCUT2D eigenvalue weighted by atomic mass is 10.0. The van der Waals surface area contributed by atoms with E-state index < -0.39 is 34.7 Å². The van der Waals surface area contributed by atoms with Crippen LogP contribution in [0.2, 0.25) is 0 Å². The Labute approximate surface area is 105 Å². The first-order valence-electron chi connectivity index (χ1n) is 5.11. The second-order valence-electron chi connectivity index (χ2n) is 3.79. The van der Waals surface area contributed by atoms with Crippen LogP contribution in [-0.2, 0) is 0 Å². The number of phenols is 1. The first-order valence-corrected chi connectivity index (χ1v) is 5.11. The van der Waals surface area contributed by atoms with Gasteiger partial charge >= 0.3 is 5.97 Å². The van der Waals surface area contributed by atoms with Crippen LogP contribution in [0.4, 0.5) is 13.2 Å². The summed E-state index contributed by atoms with van der Waals surface area (Å²) in [5.41, 5.74) is -0.451. The van der Waals surface area contributed by atoms with Crippen molar-refractivity contribution in [3.8, 4) is 16.9 Å². The average Bonchev–Trinajstić information content (AvgIpc) is 2.34. The Balaban J connectivity index is 2.54. The summed E-state index contributed by atoms with van der Waals surface area (Å²) >= 11 is 0. The number of carboxylic acids is 1. The van der Waals surface area contributed by atoms with Crippen molar-refractivity contribution in [2.75, 3.05) is 0 Å². The standard InChI is InChI=1S/C13H7F3O3/c14-9-3-6(1-2-8(9)13(18)19)7-4-10(15)12(17)11(16)5-7/h1-5,17H,(H,18,19). The highest BCUT2D eigenvalue weighted by Crippen LogP contribution is 2.28. The molecule has 98 valence electrons. The monoisotopic (exact) mass is 268 g/mol. The number of halogens is 3. The first kappa shape index (κ1) is 12.9. The summed E-state index contributed by atoms with van der Waals surface area (Å²) in [5, 5.41) is 17.6. The van der Waals surface area contributed by atoms with E-state index >= 15 is 0 Å². The van der Waals surface area contributed by atoms with Crippen LogP contribution < -0.4 is 0 Å². The number of phenolic OH excluding ortho intramolecular Hbond substituents is 1. The number of aromatic carboxylic acids is 1.